The number of hydrogen-bond donors (Lipinski definition) is 2. The average Bonchev–Trinajstić information content (AvgIpc) is 3.13. The number of aromatic hydroxyl groups is 1. The Morgan fingerprint density at radius 3 is 2.64 bits per heavy atom. The first-order valence-electron chi connectivity index (χ1n) is 7.68. The highest BCUT2D eigenvalue weighted by molar-refractivity contribution is 7.16. The summed E-state index contributed by atoms with van der Waals surface area (Å²) >= 11 is 1.32. The minimum absolute atomic E-state index is 0.149. The molecule has 2 heterocycles. The average molecular weight is 355 g/mol. The topological polar surface area (TPSA) is 84.3 Å². The highest BCUT2D eigenvalue weighted by Gasteiger charge is 2.11. The Labute approximate surface area is 149 Å². The van der Waals surface area contributed by atoms with E-state index < -0.39 is 0 Å². The Kier molecular flexibility index (Phi) is 5.25. The lowest BCUT2D eigenvalue weighted by Gasteiger charge is -2.04. The van der Waals surface area contributed by atoms with Crippen LogP contribution in [0.3, 0.4) is 0 Å². The molecule has 7 heteroatoms. The number of thiazole rings is 1. The summed E-state index contributed by atoms with van der Waals surface area (Å²) in [6.45, 7) is 0.515. The number of carbonyl (C=O) groups is 1. The number of benzene rings is 1. The van der Waals surface area contributed by atoms with E-state index in [1.165, 1.54) is 11.3 Å². The second kappa shape index (κ2) is 7.76. The molecule has 0 saturated carbocycles. The number of carbonyl (C=O) groups excluding carboxylic acids is 1. The number of ether oxygens (including phenoxy) is 1. The van der Waals surface area contributed by atoms with Crippen LogP contribution in [-0.4, -0.2) is 34.6 Å². The van der Waals surface area contributed by atoms with Crippen molar-refractivity contribution in [2.75, 3.05) is 13.7 Å². The van der Waals surface area contributed by atoms with Crippen LogP contribution in [0.25, 0.3) is 10.6 Å². The molecule has 128 valence electrons. The number of hydrogen-bond acceptors (Lipinski definition) is 6. The maximum absolute atomic E-state index is 12.2. The molecular formula is C18H17N3O3S. The van der Waals surface area contributed by atoms with Crippen LogP contribution >= 0.6 is 11.3 Å². The minimum Gasteiger partial charge on any atom is -0.508 e. The van der Waals surface area contributed by atoms with Gasteiger partial charge in [-0.1, -0.05) is 12.1 Å². The van der Waals surface area contributed by atoms with E-state index in [2.05, 4.69) is 15.3 Å². The summed E-state index contributed by atoms with van der Waals surface area (Å²) in [7, 11) is 1.56. The molecule has 2 aromatic heterocycles. The molecule has 0 radical (unpaired) electrons. The number of aromatic nitrogens is 2. The van der Waals surface area contributed by atoms with Gasteiger partial charge in [-0.2, -0.15) is 0 Å². The maximum atomic E-state index is 12.2. The van der Waals surface area contributed by atoms with Crippen molar-refractivity contribution < 1.29 is 14.6 Å². The van der Waals surface area contributed by atoms with Gasteiger partial charge in [0, 0.05) is 24.4 Å². The van der Waals surface area contributed by atoms with Gasteiger partial charge in [0.25, 0.3) is 5.91 Å². The van der Waals surface area contributed by atoms with Crippen LogP contribution in [0.5, 0.6) is 11.6 Å². The minimum atomic E-state index is -0.149. The van der Waals surface area contributed by atoms with Gasteiger partial charge in [-0.25, -0.2) is 9.97 Å². The molecule has 6 nitrogen and oxygen atoms in total. The highest BCUT2D eigenvalue weighted by atomic mass is 32.1. The fraction of sp³-hybridized carbons (Fsp3) is 0.167. The molecule has 1 aromatic carbocycles. The van der Waals surface area contributed by atoms with E-state index in [1.54, 1.807) is 37.7 Å². The number of pyridine rings is 1. The Morgan fingerprint density at radius 1 is 1.16 bits per heavy atom. The smallest absolute Gasteiger partial charge is 0.263 e. The van der Waals surface area contributed by atoms with Crippen LogP contribution in [-0.2, 0) is 6.42 Å². The maximum Gasteiger partial charge on any atom is 0.263 e. The van der Waals surface area contributed by atoms with Gasteiger partial charge in [0.2, 0.25) is 5.88 Å². The van der Waals surface area contributed by atoms with Gasteiger partial charge in [0.1, 0.15) is 15.6 Å². The molecule has 0 aliphatic carbocycles. The molecule has 0 aliphatic rings. The number of nitrogens with zero attached hydrogens (tertiary/aromatic N) is 2. The molecule has 0 atom stereocenters. The summed E-state index contributed by atoms with van der Waals surface area (Å²) in [5, 5.41) is 12.9. The third-order valence-electron chi connectivity index (χ3n) is 3.56. The zero-order valence-electron chi connectivity index (χ0n) is 13.6. The number of phenolic OH excluding ortho intramolecular Hbond substituents is 1. The molecule has 0 aliphatic heterocycles. The fourth-order valence-corrected chi connectivity index (χ4v) is 3.03. The normalized spacial score (nSPS) is 10.4. The van der Waals surface area contributed by atoms with E-state index >= 15 is 0 Å². The number of methoxy groups -OCH3 is 1. The summed E-state index contributed by atoms with van der Waals surface area (Å²) in [5.41, 5.74) is 1.89. The first-order valence-corrected chi connectivity index (χ1v) is 8.49. The van der Waals surface area contributed by atoms with Crippen molar-refractivity contribution in [2.45, 2.75) is 6.42 Å². The molecule has 3 rings (SSSR count). The summed E-state index contributed by atoms with van der Waals surface area (Å²) in [6, 6.07) is 10.6. The third-order valence-corrected chi connectivity index (χ3v) is 4.60. The predicted octanol–water partition coefficient (Wildman–Crippen LogP) is 2.89. The Morgan fingerprint density at radius 2 is 1.96 bits per heavy atom. The molecule has 0 unspecified atom stereocenters. The van der Waals surface area contributed by atoms with Crippen LogP contribution < -0.4 is 10.1 Å². The Bertz CT molecular complexity index is 845. The lowest BCUT2D eigenvalue weighted by Crippen LogP contribution is -2.24. The van der Waals surface area contributed by atoms with E-state index in [1.807, 2.05) is 18.2 Å². The van der Waals surface area contributed by atoms with E-state index in [4.69, 9.17) is 4.74 Å². The van der Waals surface area contributed by atoms with Crippen LogP contribution in [0.15, 0.2) is 48.8 Å². The first-order chi connectivity index (χ1) is 12.2. The second-order valence-corrected chi connectivity index (χ2v) is 6.32. The highest BCUT2D eigenvalue weighted by Crippen LogP contribution is 2.25. The van der Waals surface area contributed by atoms with Gasteiger partial charge in [-0.15, -0.1) is 11.3 Å². The third kappa shape index (κ3) is 4.33. The fourth-order valence-electron chi connectivity index (χ4n) is 2.21. The number of amides is 1. The molecule has 0 fully saturated rings. The van der Waals surface area contributed by atoms with Crippen molar-refractivity contribution in [2.24, 2.45) is 0 Å². The van der Waals surface area contributed by atoms with E-state index in [0.717, 1.165) is 16.1 Å². The van der Waals surface area contributed by atoms with Crippen LogP contribution in [0.4, 0.5) is 0 Å². The molecular weight excluding hydrogens is 338 g/mol. The van der Waals surface area contributed by atoms with Gasteiger partial charge in [-0.05, 0) is 30.2 Å². The van der Waals surface area contributed by atoms with Crippen LogP contribution in [0, 0.1) is 0 Å². The summed E-state index contributed by atoms with van der Waals surface area (Å²) in [4.78, 5) is 21.2. The molecule has 0 spiro atoms. The van der Waals surface area contributed by atoms with E-state index in [9.17, 15) is 9.90 Å². The Hall–Kier alpha value is -2.93. The summed E-state index contributed by atoms with van der Waals surface area (Å²) < 4.78 is 5.03. The van der Waals surface area contributed by atoms with Crippen molar-refractivity contribution in [3.05, 3.63) is 59.2 Å². The van der Waals surface area contributed by atoms with Gasteiger partial charge in [0.15, 0.2) is 0 Å². The molecule has 0 bridgehead atoms. The number of rotatable bonds is 6. The molecule has 25 heavy (non-hydrogen) atoms. The molecule has 1 amide bonds. The van der Waals surface area contributed by atoms with Crippen LogP contribution in [0.2, 0.25) is 0 Å². The van der Waals surface area contributed by atoms with Crippen molar-refractivity contribution >= 4 is 17.2 Å². The van der Waals surface area contributed by atoms with Gasteiger partial charge >= 0.3 is 0 Å². The lowest BCUT2D eigenvalue weighted by atomic mass is 10.1. The molecule has 0 saturated heterocycles. The molecule has 3 aromatic rings. The SMILES string of the molecule is COc1ccc(-c2ncc(C(=O)NCCc3ccc(O)cc3)s2)cn1. The zero-order chi connectivity index (χ0) is 17.6. The van der Waals surface area contributed by atoms with E-state index in [0.29, 0.717) is 23.7 Å². The predicted molar refractivity (Wildman–Crippen MR) is 96.0 cm³/mol. The van der Waals surface area contributed by atoms with Crippen molar-refractivity contribution in [1.82, 2.24) is 15.3 Å². The van der Waals surface area contributed by atoms with Gasteiger partial charge in [-0.3, -0.25) is 4.79 Å². The number of phenols is 1. The van der Waals surface area contributed by atoms with Crippen LogP contribution in [0.1, 0.15) is 15.2 Å². The van der Waals surface area contributed by atoms with Crippen molar-refractivity contribution in [3.8, 4) is 22.2 Å². The first kappa shape index (κ1) is 16.9. The second-order valence-electron chi connectivity index (χ2n) is 5.29. The standard InChI is InChI=1S/C18H17N3O3S/c1-24-16-7-4-13(10-20-16)18-21-11-15(25-18)17(23)19-9-8-12-2-5-14(22)6-3-12/h2-7,10-11,22H,8-9H2,1H3,(H,19,23). The van der Waals surface area contributed by atoms with E-state index in [-0.39, 0.29) is 11.7 Å². The van der Waals surface area contributed by atoms with Gasteiger partial charge in [0.05, 0.1) is 13.3 Å². The summed E-state index contributed by atoms with van der Waals surface area (Å²) in [5.74, 6) is 0.620. The lowest BCUT2D eigenvalue weighted by molar-refractivity contribution is 0.0958. The van der Waals surface area contributed by atoms with Crippen molar-refractivity contribution in [3.63, 3.8) is 0 Å². The largest absolute Gasteiger partial charge is 0.508 e. The monoisotopic (exact) mass is 355 g/mol. The van der Waals surface area contributed by atoms with Gasteiger partial charge < -0.3 is 15.2 Å². The quantitative estimate of drug-likeness (QED) is 0.710. The zero-order valence-corrected chi connectivity index (χ0v) is 14.4. The molecule has 2 N–H and O–H groups in total. The number of nitrogens with one attached hydrogen (secondary N) is 1. The summed E-state index contributed by atoms with van der Waals surface area (Å²) in [6.07, 6.45) is 3.93. The Balaban J connectivity index is 1.57. The van der Waals surface area contributed by atoms with Crippen molar-refractivity contribution in [1.29, 1.82) is 0 Å².